The fourth-order valence-electron chi connectivity index (χ4n) is 1.88. The van der Waals surface area contributed by atoms with Crippen LogP contribution in [0, 0.1) is 0 Å². The molecule has 1 unspecified atom stereocenters. The van der Waals surface area contributed by atoms with Gasteiger partial charge in [-0.05, 0) is 19.8 Å². The molecular weight excluding hydrogens is 166 g/mol. The normalized spacial score (nSPS) is 21.7. The van der Waals surface area contributed by atoms with Gasteiger partial charge in [0.15, 0.2) is 0 Å². The second kappa shape index (κ2) is 6.35. The summed E-state index contributed by atoms with van der Waals surface area (Å²) in [5.74, 6) is 0. The molecule has 78 valence electrons. The van der Waals surface area contributed by atoms with Gasteiger partial charge in [-0.3, -0.25) is 5.32 Å². The van der Waals surface area contributed by atoms with Gasteiger partial charge in [-0.25, -0.2) is 0 Å². The van der Waals surface area contributed by atoms with Crippen LogP contribution in [-0.2, 0) is 4.74 Å². The summed E-state index contributed by atoms with van der Waals surface area (Å²) in [6.45, 7) is 2.54. The standard InChI is InChI=1S/C10H21NO2/c1-9(13-8-7-12)11-10-5-3-2-4-6-10/h9-12H,2-8H2,1H3. The van der Waals surface area contributed by atoms with E-state index in [1.165, 1.54) is 32.1 Å². The Labute approximate surface area is 80.5 Å². The first kappa shape index (κ1) is 11.0. The van der Waals surface area contributed by atoms with E-state index >= 15 is 0 Å². The number of rotatable bonds is 5. The molecule has 13 heavy (non-hydrogen) atoms. The number of aliphatic hydroxyl groups excluding tert-OH is 1. The lowest BCUT2D eigenvalue weighted by atomic mass is 9.95. The van der Waals surface area contributed by atoms with Crippen LogP contribution in [0.1, 0.15) is 39.0 Å². The van der Waals surface area contributed by atoms with Gasteiger partial charge in [-0.2, -0.15) is 0 Å². The molecule has 1 fully saturated rings. The maximum Gasteiger partial charge on any atom is 0.105 e. The predicted molar refractivity (Wildman–Crippen MR) is 52.5 cm³/mol. The second-order valence-corrected chi connectivity index (χ2v) is 3.74. The average molecular weight is 187 g/mol. The van der Waals surface area contributed by atoms with Crippen molar-refractivity contribution in [1.82, 2.24) is 5.32 Å². The highest BCUT2D eigenvalue weighted by molar-refractivity contribution is 4.72. The molecule has 3 nitrogen and oxygen atoms in total. The Hall–Kier alpha value is -0.120. The Morgan fingerprint density at radius 3 is 2.69 bits per heavy atom. The first-order chi connectivity index (χ1) is 6.33. The van der Waals surface area contributed by atoms with E-state index in [4.69, 9.17) is 9.84 Å². The van der Waals surface area contributed by atoms with Gasteiger partial charge in [0.25, 0.3) is 0 Å². The minimum Gasteiger partial charge on any atom is -0.394 e. The minimum atomic E-state index is 0.0789. The van der Waals surface area contributed by atoms with Crippen LogP contribution < -0.4 is 5.32 Å². The Morgan fingerprint density at radius 1 is 1.38 bits per heavy atom. The van der Waals surface area contributed by atoms with E-state index < -0.39 is 0 Å². The summed E-state index contributed by atoms with van der Waals surface area (Å²) in [7, 11) is 0. The number of aliphatic hydroxyl groups is 1. The zero-order valence-corrected chi connectivity index (χ0v) is 8.46. The van der Waals surface area contributed by atoms with E-state index in [1.807, 2.05) is 6.92 Å². The third kappa shape index (κ3) is 4.60. The first-order valence-electron chi connectivity index (χ1n) is 5.31. The summed E-state index contributed by atoms with van der Waals surface area (Å²) in [6.07, 6.45) is 6.67. The second-order valence-electron chi connectivity index (χ2n) is 3.74. The lowest BCUT2D eigenvalue weighted by molar-refractivity contribution is 0.0107. The molecule has 0 aromatic carbocycles. The number of hydrogen-bond donors (Lipinski definition) is 2. The maximum atomic E-state index is 8.57. The van der Waals surface area contributed by atoms with Crippen molar-refractivity contribution in [2.45, 2.75) is 51.3 Å². The lowest BCUT2D eigenvalue weighted by Crippen LogP contribution is -2.39. The van der Waals surface area contributed by atoms with Gasteiger partial charge < -0.3 is 9.84 Å². The summed E-state index contributed by atoms with van der Waals surface area (Å²) in [5, 5.41) is 12.0. The fourth-order valence-corrected chi connectivity index (χ4v) is 1.88. The number of hydrogen-bond acceptors (Lipinski definition) is 3. The van der Waals surface area contributed by atoms with Crippen LogP contribution in [0.3, 0.4) is 0 Å². The van der Waals surface area contributed by atoms with Crippen LogP contribution in [0.4, 0.5) is 0 Å². The Balaban J connectivity index is 2.07. The molecule has 2 N–H and O–H groups in total. The summed E-state index contributed by atoms with van der Waals surface area (Å²) in [5.41, 5.74) is 0. The third-order valence-electron chi connectivity index (χ3n) is 2.53. The highest BCUT2D eigenvalue weighted by Crippen LogP contribution is 2.17. The topological polar surface area (TPSA) is 41.5 Å². The van der Waals surface area contributed by atoms with Crippen LogP contribution in [0.2, 0.25) is 0 Å². The monoisotopic (exact) mass is 187 g/mol. The summed E-state index contributed by atoms with van der Waals surface area (Å²) in [4.78, 5) is 0. The highest BCUT2D eigenvalue weighted by atomic mass is 16.5. The molecule has 0 amide bonds. The molecule has 0 spiro atoms. The Bertz CT molecular complexity index is 124. The van der Waals surface area contributed by atoms with Crippen LogP contribution in [0.5, 0.6) is 0 Å². The highest BCUT2D eigenvalue weighted by Gasteiger charge is 2.14. The van der Waals surface area contributed by atoms with E-state index in [0.717, 1.165) is 0 Å². The van der Waals surface area contributed by atoms with Crippen LogP contribution in [0.15, 0.2) is 0 Å². The van der Waals surface area contributed by atoms with Crippen LogP contribution >= 0.6 is 0 Å². The fraction of sp³-hybridized carbons (Fsp3) is 1.00. The van der Waals surface area contributed by atoms with Gasteiger partial charge >= 0.3 is 0 Å². The third-order valence-corrected chi connectivity index (χ3v) is 2.53. The van der Waals surface area contributed by atoms with Crippen molar-refractivity contribution in [3.8, 4) is 0 Å². The van der Waals surface area contributed by atoms with Crippen molar-refractivity contribution in [3.63, 3.8) is 0 Å². The largest absolute Gasteiger partial charge is 0.394 e. The number of ether oxygens (including phenoxy) is 1. The molecular formula is C10H21NO2. The molecule has 3 heteroatoms. The molecule has 1 aliphatic rings. The van der Waals surface area contributed by atoms with Crippen molar-refractivity contribution < 1.29 is 9.84 Å². The molecule has 0 aromatic heterocycles. The van der Waals surface area contributed by atoms with E-state index in [2.05, 4.69) is 5.32 Å². The molecule has 1 aliphatic carbocycles. The zero-order chi connectivity index (χ0) is 9.52. The van der Waals surface area contributed by atoms with Gasteiger partial charge in [-0.1, -0.05) is 19.3 Å². The molecule has 1 atom stereocenters. The maximum absolute atomic E-state index is 8.57. The minimum absolute atomic E-state index is 0.0789. The van der Waals surface area contributed by atoms with Gasteiger partial charge in [-0.15, -0.1) is 0 Å². The van der Waals surface area contributed by atoms with Gasteiger partial charge in [0.05, 0.1) is 13.2 Å². The van der Waals surface area contributed by atoms with Crippen molar-refractivity contribution >= 4 is 0 Å². The van der Waals surface area contributed by atoms with Gasteiger partial charge in [0.1, 0.15) is 6.23 Å². The van der Waals surface area contributed by atoms with E-state index in [9.17, 15) is 0 Å². The average Bonchev–Trinajstić information content (AvgIpc) is 2.16. The lowest BCUT2D eigenvalue weighted by Gasteiger charge is -2.26. The van der Waals surface area contributed by atoms with E-state index in [0.29, 0.717) is 12.6 Å². The first-order valence-corrected chi connectivity index (χ1v) is 5.31. The van der Waals surface area contributed by atoms with E-state index in [1.54, 1.807) is 0 Å². The Kier molecular flexibility index (Phi) is 5.35. The molecule has 0 aliphatic heterocycles. The summed E-state index contributed by atoms with van der Waals surface area (Å²) >= 11 is 0. The van der Waals surface area contributed by atoms with Crippen molar-refractivity contribution in [3.05, 3.63) is 0 Å². The molecule has 0 saturated heterocycles. The molecule has 1 rings (SSSR count). The van der Waals surface area contributed by atoms with Gasteiger partial charge in [0.2, 0.25) is 0 Å². The van der Waals surface area contributed by atoms with E-state index in [-0.39, 0.29) is 12.8 Å². The Morgan fingerprint density at radius 2 is 2.08 bits per heavy atom. The molecule has 0 bridgehead atoms. The molecule has 0 aromatic rings. The predicted octanol–water partition coefficient (Wildman–Crippen LogP) is 1.26. The smallest absolute Gasteiger partial charge is 0.105 e. The summed E-state index contributed by atoms with van der Waals surface area (Å²) in [6, 6.07) is 0.627. The molecule has 0 radical (unpaired) electrons. The molecule has 1 saturated carbocycles. The summed E-state index contributed by atoms with van der Waals surface area (Å²) < 4.78 is 5.33. The SMILES string of the molecule is CC(NC1CCCCC1)OCCO. The molecule has 0 heterocycles. The van der Waals surface area contributed by atoms with Crippen LogP contribution in [-0.4, -0.2) is 30.6 Å². The van der Waals surface area contributed by atoms with Gasteiger partial charge in [0, 0.05) is 6.04 Å². The van der Waals surface area contributed by atoms with Crippen molar-refractivity contribution in [2.75, 3.05) is 13.2 Å². The quantitative estimate of drug-likeness (QED) is 0.637. The van der Waals surface area contributed by atoms with Crippen LogP contribution in [0.25, 0.3) is 0 Å². The number of nitrogens with one attached hydrogen (secondary N) is 1. The van der Waals surface area contributed by atoms with Crippen molar-refractivity contribution in [2.24, 2.45) is 0 Å². The zero-order valence-electron chi connectivity index (χ0n) is 8.46. The van der Waals surface area contributed by atoms with Crippen molar-refractivity contribution in [1.29, 1.82) is 0 Å².